The number of aryl methyl sites for hydroxylation is 1. The highest BCUT2D eigenvalue weighted by atomic mass is 19.1. The average Bonchev–Trinajstić information content (AvgIpc) is 3.26. The van der Waals surface area contributed by atoms with E-state index < -0.39 is 34.5 Å². The summed E-state index contributed by atoms with van der Waals surface area (Å²) >= 11 is 0. The number of aromatic nitrogens is 4. The van der Waals surface area contributed by atoms with Crippen molar-refractivity contribution >= 4 is 22.7 Å². The number of ketones is 1. The zero-order chi connectivity index (χ0) is 20.0. The van der Waals surface area contributed by atoms with Gasteiger partial charge in [0.1, 0.15) is 23.1 Å². The molecule has 0 aliphatic carbocycles. The highest BCUT2D eigenvalue weighted by Gasteiger charge is 2.26. The van der Waals surface area contributed by atoms with E-state index in [1.807, 2.05) is 0 Å². The number of nitrogens with two attached hydrogens (primary N) is 1. The van der Waals surface area contributed by atoms with Gasteiger partial charge >= 0.3 is 0 Å². The standard InChI is InChI=1S/C19H13F2N5O2/c1-26-5-4-23-19(26)9-6-11-12(8-25-18(11)24-7-9)16(27)14-13(20)3-2-10(15(14)21)17(22)28/h2-8H,1H3,(H2,22,28)(H,24,25). The highest BCUT2D eigenvalue weighted by Crippen LogP contribution is 2.27. The summed E-state index contributed by atoms with van der Waals surface area (Å²) in [5.41, 5.74) is 4.69. The van der Waals surface area contributed by atoms with Crippen LogP contribution in [0.3, 0.4) is 0 Å². The van der Waals surface area contributed by atoms with Gasteiger partial charge in [0.05, 0.1) is 11.1 Å². The number of H-pyrrole nitrogens is 1. The third-order valence-electron chi connectivity index (χ3n) is 4.44. The van der Waals surface area contributed by atoms with Crippen LogP contribution in [0.15, 0.2) is 43.0 Å². The molecule has 0 saturated carbocycles. The third kappa shape index (κ3) is 2.64. The molecule has 3 heterocycles. The second kappa shape index (κ2) is 6.38. The predicted octanol–water partition coefficient (Wildman–Crippen LogP) is 2.57. The second-order valence-electron chi connectivity index (χ2n) is 6.16. The van der Waals surface area contributed by atoms with Gasteiger partial charge in [0.15, 0.2) is 0 Å². The molecule has 0 saturated heterocycles. The van der Waals surface area contributed by atoms with Gasteiger partial charge in [-0.05, 0) is 18.2 Å². The number of pyridine rings is 1. The predicted molar refractivity (Wildman–Crippen MR) is 96.6 cm³/mol. The molecule has 1 aromatic carbocycles. The molecule has 0 aliphatic heterocycles. The summed E-state index contributed by atoms with van der Waals surface area (Å²) in [6.07, 6.45) is 6.26. The molecule has 140 valence electrons. The van der Waals surface area contributed by atoms with Gasteiger partial charge in [0.25, 0.3) is 5.91 Å². The van der Waals surface area contributed by atoms with Crippen molar-refractivity contribution in [1.82, 2.24) is 19.5 Å². The lowest BCUT2D eigenvalue weighted by molar-refractivity contribution is 0.0996. The lowest BCUT2D eigenvalue weighted by Crippen LogP contribution is -2.17. The fourth-order valence-electron chi connectivity index (χ4n) is 3.04. The summed E-state index contributed by atoms with van der Waals surface area (Å²) < 4.78 is 30.6. The zero-order valence-corrected chi connectivity index (χ0v) is 14.5. The number of hydrogen-bond acceptors (Lipinski definition) is 4. The molecule has 28 heavy (non-hydrogen) atoms. The van der Waals surface area contributed by atoms with E-state index in [0.717, 1.165) is 12.1 Å². The summed E-state index contributed by atoms with van der Waals surface area (Å²) in [6.45, 7) is 0. The van der Waals surface area contributed by atoms with Crippen molar-refractivity contribution in [2.45, 2.75) is 0 Å². The quantitative estimate of drug-likeness (QED) is 0.530. The molecular formula is C19H13F2N5O2. The number of carbonyl (C=O) groups is 2. The molecule has 3 N–H and O–H groups in total. The monoisotopic (exact) mass is 381 g/mol. The van der Waals surface area contributed by atoms with Gasteiger partial charge in [-0.1, -0.05) is 0 Å². The number of primary amides is 1. The fourth-order valence-corrected chi connectivity index (χ4v) is 3.04. The fraction of sp³-hybridized carbons (Fsp3) is 0.0526. The maximum atomic E-state index is 14.6. The van der Waals surface area contributed by atoms with Crippen LogP contribution < -0.4 is 5.73 Å². The number of amides is 1. The van der Waals surface area contributed by atoms with Crippen LogP contribution in [0.2, 0.25) is 0 Å². The first-order valence-electron chi connectivity index (χ1n) is 8.15. The Morgan fingerprint density at radius 3 is 2.64 bits per heavy atom. The van der Waals surface area contributed by atoms with Crippen molar-refractivity contribution in [3.05, 3.63) is 71.3 Å². The topological polar surface area (TPSA) is 107 Å². The molecule has 0 aliphatic rings. The minimum Gasteiger partial charge on any atom is -0.366 e. The lowest BCUT2D eigenvalue weighted by Gasteiger charge is -2.07. The van der Waals surface area contributed by atoms with Crippen molar-refractivity contribution in [3.8, 4) is 11.4 Å². The van der Waals surface area contributed by atoms with Crippen LogP contribution >= 0.6 is 0 Å². The zero-order valence-electron chi connectivity index (χ0n) is 14.5. The van der Waals surface area contributed by atoms with Gasteiger partial charge in [-0.3, -0.25) is 9.59 Å². The molecule has 4 aromatic rings. The Morgan fingerprint density at radius 2 is 1.96 bits per heavy atom. The molecule has 1 amide bonds. The van der Waals surface area contributed by atoms with Gasteiger partial charge in [-0.2, -0.15) is 0 Å². The summed E-state index contributed by atoms with van der Waals surface area (Å²) in [7, 11) is 1.80. The molecule has 0 bridgehead atoms. The van der Waals surface area contributed by atoms with E-state index in [1.165, 1.54) is 6.20 Å². The van der Waals surface area contributed by atoms with Crippen molar-refractivity contribution < 1.29 is 18.4 Å². The summed E-state index contributed by atoms with van der Waals surface area (Å²) in [4.78, 5) is 35.5. The first kappa shape index (κ1) is 17.5. The van der Waals surface area contributed by atoms with Crippen molar-refractivity contribution in [1.29, 1.82) is 0 Å². The third-order valence-corrected chi connectivity index (χ3v) is 4.44. The van der Waals surface area contributed by atoms with Gasteiger partial charge in [0, 0.05) is 48.3 Å². The van der Waals surface area contributed by atoms with E-state index in [1.54, 1.807) is 36.3 Å². The molecule has 9 heteroatoms. The van der Waals surface area contributed by atoms with Crippen molar-refractivity contribution in [3.63, 3.8) is 0 Å². The second-order valence-corrected chi connectivity index (χ2v) is 6.16. The Hall–Kier alpha value is -3.88. The van der Waals surface area contributed by atoms with Gasteiger partial charge in [-0.15, -0.1) is 0 Å². The Kier molecular flexibility index (Phi) is 3.99. The average molecular weight is 381 g/mol. The number of fused-ring (bicyclic) bond motifs is 1. The Balaban J connectivity index is 1.88. The Bertz CT molecular complexity index is 1260. The number of nitrogens with zero attached hydrogens (tertiary/aromatic N) is 3. The molecule has 0 fully saturated rings. The number of halogens is 2. The summed E-state index contributed by atoms with van der Waals surface area (Å²) in [5, 5.41) is 0.369. The molecule has 3 aromatic heterocycles. The highest BCUT2D eigenvalue weighted by molar-refractivity contribution is 6.17. The van der Waals surface area contributed by atoms with Crippen LogP contribution in [0.1, 0.15) is 26.3 Å². The molecular weight excluding hydrogens is 368 g/mol. The molecule has 7 nitrogen and oxygen atoms in total. The maximum absolute atomic E-state index is 14.6. The molecule has 0 unspecified atom stereocenters. The first-order valence-corrected chi connectivity index (χ1v) is 8.15. The van der Waals surface area contributed by atoms with E-state index in [9.17, 15) is 18.4 Å². The first-order chi connectivity index (χ1) is 13.4. The number of nitrogens with one attached hydrogen (secondary N) is 1. The van der Waals surface area contributed by atoms with Gasteiger partial charge < -0.3 is 15.3 Å². The molecule has 0 atom stereocenters. The van der Waals surface area contributed by atoms with E-state index in [2.05, 4.69) is 15.0 Å². The SMILES string of the molecule is Cn1ccnc1-c1cnc2[nH]cc(C(=O)c3c(F)ccc(C(N)=O)c3F)c2c1. The normalized spacial score (nSPS) is 11.1. The number of rotatable bonds is 4. The minimum absolute atomic E-state index is 0.0120. The van der Waals surface area contributed by atoms with Crippen LogP contribution in [0.5, 0.6) is 0 Å². The van der Waals surface area contributed by atoms with Crippen LogP contribution in [0.25, 0.3) is 22.4 Å². The van der Waals surface area contributed by atoms with Crippen molar-refractivity contribution in [2.24, 2.45) is 12.8 Å². The van der Waals surface area contributed by atoms with E-state index >= 15 is 0 Å². The van der Waals surface area contributed by atoms with Gasteiger partial charge in [-0.25, -0.2) is 18.7 Å². The number of benzene rings is 1. The lowest BCUT2D eigenvalue weighted by atomic mass is 9.99. The van der Waals surface area contributed by atoms with E-state index in [0.29, 0.717) is 22.4 Å². The van der Waals surface area contributed by atoms with Crippen LogP contribution in [-0.2, 0) is 7.05 Å². The summed E-state index contributed by atoms with van der Waals surface area (Å²) in [6, 6.07) is 3.39. The number of imidazole rings is 1. The number of hydrogen-bond donors (Lipinski definition) is 2. The molecule has 0 spiro atoms. The van der Waals surface area contributed by atoms with Crippen LogP contribution in [0.4, 0.5) is 8.78 Å². The smallest absolute Gasteiger partial charge is 0.251 e. The maximum Gasteiger partial charge on any atom is 0.251 e. The van der Waals surface area contributed by atoms with E-state index in [-0.39, 0.29) is 5.56 Å². The van der Waals surface area contributed by atoms with Crippen LogP contribution in [-0.4, -0.2) is 31.2 Å². The van der Waals surface area contributed by atoms with E-state index in [4.69, 9.17) is 5.73 Å². The molecule has 4 rings (SSSR count). The minimum atomic E-state index is -1.29. The molecule has 0 radical (unpaired) electrons. The largest absolute Gasteiger partial charge is 0.366 e. The Morgan fingerprint density at radius 1 is 1.18 bits per heavy atom. The van der Waals surface area contributed by atoms with Crippen LogP contribution in [0, 0.1) is 11.6 Å². The Labute approximate surface area is 156 Å². The number of carbonyl (C=O) groups excluding carboxylic acids is 2. The number of aromatic amines is 1. The van der Waals surface area contributed by atoms with Crippen molar-refractivity contribution in [2.75, 3.05) is 0 Å². The van der Waals surface area contributed by atoms with Gasteiger partial charge in [0.2, 0.25) is 5.78 Å². The summed E-state index contributed by atoms with van der Waals surface area (Å²) in [5.74, 6) is -3.79.